The summed E-state index contributed by atoms with van der Waals surface area (Å²) in [4.78, 5) is 37.2. The molecule has 3 aromatic rings. The number of nitrogens with one attached hydrogen (secondary N) is 1. The smallest absolute Gasteiger partial charge is 0.322 e. The highest BCUT2D eigenvalue weighted by Crippen LogP contribution is 2.35. The van der Waals surface area contributed by atoms with E-state index in [1.54, 1.807) is 22.8 Å². The Morgan fingerprint density at radius 2 is 1.91 bits per heavy atom. The van der Waals surface area contributed by atoms with E-state index < -0.39 is 23.8 Å². The minimum Gasteiger partial charge on any atom is -0.480 e. The summed E-state index contributed by atoms with van der Waals surface area (Å²) >= 11 is 11.5. The van der Waals surface area contributed by atoms with Crippen molar-refractivity contribution in [3.63, 3.8) is 0 Å². The zero-order valence-corrected chi connectivity index (χ0v) is 18.9. The molecule has 2 amide bonds. The molecule has 0 atom stereocenters. The highest BCUT2D eigenvalue weighted by Gasteiger charge is 2.39. The van der Waals surface area contributed by atoms with Crippen LogP contribution in [0.1, 0.15) is 30.8 Å². The third-order valence-corrected chi connectivity index (χ3v) is 5.82. The Bertz CT molecular complexity index is 1260. The first-order valence-electron chi connectivity index (χ1n) is 9.82. The molecule has 1 aliphatic heterocycles. The largest absolute Gasteiger partial charge is 0.480 e. The molecule has 2 N–H and O–H groups in total. The number of benzene rings is 1. The molecular weight excluding hydrogens is 454 g/mol. The highest BCUT2D eigenvalue weighted by molar-refractivity contribution is 7.80. The van der Waals surface area contributed by atoms with E-state index in [-0.39, 0.29) is 18.9 Å². The number of aliphatic carboxylic acids is 1. The topological polar surface area (TPSA) is 105 Å². The van der Waals surface area contributed by atoms with E-state index in [0.29, 0.717) is 32.7 Å². The molecule has 0 fully saturated rings. The van der Waals surface area contributed by atoms with Gasteiger partial charge in [0.2, 0.25) is 5.91 Å². The first-order chi connectivity index (χ1) is 15.1. The molecular formula is C22H20ClN3O5S. The molecule has 166 valence electrons. The van der Waals surface area contributed by atoms with Crippen molar-refractivity contribution in [2.75, 3.05) is 13.1 Å². The van der Waals surface area contributed by atoms with Crippen LogP contribution < -0.4 is 5.32 Å². The summed E-state index contributed by atoms with van der Waals surface area (Å²) < 4.78 is 7.60. The maximum atomic E-state index is 13.0. The number of aromatic nitrogens is 1. The van der Waals surface area contributed by atoms with Crippen molar-refractivity contribution in [2.45, 2.75) is 20.3 Å². The van der Waals surface area contributed by atoms with Crippen LogP contribution in [-0.4, -0.2) is 50.6 Å². The second kappa shape index (κ2) is 8.07. The van der Waals surface area contributed by atoms with Gasteiger partial charge in [-0.05, 0) is 41.9 Å². The van der Waals surface area contributed by atoms with Crippen molar-refractivity contribution in [2.24, 2.45) is 5.41 Å². The Morgan fingerprint density at radius 1 is 1.22 bits per heavy atom. The lowest BCUT2D eigenvalue weighted by Gasteiger charge is -2.29. The lowest BCUT2D eigenvalue weighted by molar-refractivity contribution is -0.138. The lowest BCUT2D eigenvalue weighted by Crippen LogP contribution is -2.41. The van der Waals surface area contributed by atoms with E-state index in [0.717, 1.165) is 5.56 Å². The number of carbonyl (C=O) groups is 3. The predicted octanol–water partition coefficient (Wildman–Crippen LogP) is 3.76. The molecule has 0 bridgehead atoms. The van der Waals surface area contributed by atoms with Gasteiger partial charge in [-0.3, -0.25) is 23.9 Å². The number of fused-ring (bicyclic) bond motifs is 3. The summed E-state index contributed by atoms with van der Waals surface area (Å²) in [6.07, 6.45) is 0.0450. The molecule has 0 saturated carbocycles. The van der Waals surface area contributed by atoms with Gasteiger partial charge in [0.15, 0.2) is 10.7 Å². The van der Waals surface area contributed by atoms with Crippen molar-refractivity contribution in [3.05, 3.63) is 47.1 Å². The molecule has 3 heterocycles. The van der Waals surface area contributed by atoms with E-state index in [4.69, 9.17) is 33.3 Å². The van der Waals surface area contributed by atoms with Crippen molar-refractivity contribution >= 4 is 57.8 Å². The van der Waals surface area contributed by atoms with Gasteiger partial charge in [0.05, 0.1) is 5.52 Å². The molecule has 0 unspecified atom stereocenters. The zero-order chi connectivity index (χ0) is 23.2. The van der Waals surface area contributed by atoms with Crippen LogP contribution in [0, 0.1) is 5.41 Å². The van der Waals surface area contributed by atoms with Gasteiger partial charge in [-0.2, -0.15) is 0 Å². The van der Waals surface area contributed by atoms with Gasteiger partial charge in [0.1, 0.15) is 18.0 Å². The number of carboxylic acids is 1. The van der Waals surface area contributed by atoms with E-state index in [1.165, 1.54) is 4.90 Å². The van der Waals surface area contributed by atoms with Crippen molar-refractivity contribution in [1.29, 1.82) is 0 Å². The van der Waals surface area contributed by atoms with Gasteiger partial charge in [0.25, 0.3) is 5.91 Å². The molecule has 2 aromatic heterocycles. The van der Waals surface area contributed by atoms with E-state index in [1.807, 2.05) is 32.0 Å². The predicted molar refractivity (Wildman–Crippen MR) is 123 cm³/mol. The van der Waals surface area contributed by atoms with Crippen LogP contribution in [0.2, 0.25) is 5.02 Å². The molecule has 0 saturated heterocycles. The fraction of sp³-hybridized carbons (Fsp3) is 0.273. The van der Waals surface area contributed by atoms with Gasteiger partial charge in [-0.25, -0.2) is 0 Å². The van der Waals surface area contributed by atoms with Crippen LogP contribution in [0.25, 0.3) is 22.4 Å². The highest BCUT2D eigenvalue weighted by atomic mass is 35.5. The van der Waals surface area contributed by atoms with Gasteiger partial charge in [-0.1, -0.05) is 25.4 Å². The van der Waals surface area contributed by atoms with E-state index >= 15 is 0 Å². The number of amides is 2. The SMILES string of the molecule is CC(C)(CC(=O)NCC(=O)O)CN1C(=O)c2cc3oc(-c4ccc(Cl)cc4)cc3n2C1=S. The number of hydrogen-bond donors (Lipinski definition) is 2. The monoisotopic (exact) mass is 473 g/mol. The first-order valence-corrected chi connectivity index (χ1v) is 10.6. The first kappa shape index (κ1) is 22.0. The Morgan fingerprint density at radius 3 is 2.56 bits per heavy atom. The van der Waals surface area contributed by atoms with Crippen LogP contribution in [-0.2, 0) is 9.59 Å². The van der Waals surface area contributed by atoms with Crippen LogP contribution in [0.5, 0.6) is 0 Å². The average molecular weight is 474 g/mol. The Hall–Kier alpha value is -3.17. The second-order valence-corrected chi connectivity index (χ2v) is 9.22. The zero-order valence-electron chi connectivity index (χ0n) is 17.3. The van der Waals surface area contributed by atoms with E-state index in [2.05, 4.69) is 5.32 Å². The fourth-order valence-corrected chi connectivity index (χ4v) is 4.22. The average Bonchev–Trinajstić information content (AvgIpc) is 3.33. The quantitative estimate of drug-likeness (QED) is 0.506. The maximum absolute atomic E-state index is 13.0. The van der Waals surface area contributed by atoms with E-state index in [9.17, 15) is 14.4 Å². The van der Waals surface area contributed by atoms with Crippen molar-refractivity contribution in [1.82, 2.24) is 14.8 Å². The summed E-state index contributed by atoms with van der Waals surface area (Å²) in [6, 6.07) is 10.7. The third kappa shape index (κ3) is 4.13. The van der Waals surface area contributed by atoms with Crippen LogP contribution in [0.15, 0.2) is 40.8 Å². The normalized spacial score (nSPS) is 13.7. The number of nitrogens with zero attached hydrogens (tertiary/aromatic N) is 2. The van der Waals surface area contributed by atoms with Crippen LogP contribution in [0.4, 0.5) is 0 Å². The second-order valence-electron chi connectivity index (χ2n) is 8.42. The number of furan rings is 1. The minimum atomic E-state index is -1.12. The maximum Gasteiger partial charge on any atom is 0.322 e. The molecule has 1 aliphatic rings. The lowest BCUT2D eigenvalue weighted by atomic mass is 9.88. The molecule has 1 aromatic carbocycles. The van der Waals surface area contributed by atoms with Gasteiger partial charge in [0, 0.05) is 35.7 Å². The number of halogens is 1. The number of hydrogen-bond acceptors (Lipinski definition) is 5. The number of carboxylic acid groups (broad SMARTS) is 1. The molecule has 10 heteroatoms. The number of rotatable bonds is 7. The molecule has 0 radical (unpaired) electrons. The summed E-state index contributed by atoms with van der Waals surface area (Å²) in [7, 11) is 0. The molecule has 0 spiro atoms. The van der Waals surface area contributed by atoms with Gasteiger partial charge < -0.3 is 14.8 Å². The number of thiocarbonyl (C=S) groups is 1. The Labute approximate surface area is 193 Å². The van der Waals surface area contributed by atoms with Gasteiger partial charge >= 0.3 is 5.97 Å². The number of carbonyl (C=O) groups excluding carboxylic acids is 2. The van der Waals surface area contributed by atoms with Crippen molar-refractivity contribution < 1.29 is 23.9 Å². The summed E-state index contributed by atoms with van der Waals surface area (Å²) in [6.45, 7) is 3.40. The summed E-state index contributed by atoms with van der Waals surface area (Å²) in [5.74, 6) is -1.16. The standard InChI is InChI=1S/C22H20ClN3O5S/c1-22(2,9-18(27)24-10-19(28)29)11-25-20(30)15-8-17-14(26(15)21(25)32)7-16(31-17)12-3-5-13(23)6-4-12/h3-8H,9-11H2,1-2H3,(H,24,27)(H,28,29). The van der Waals surface area contributed by atoms with Crippen LogP contribution in [0.3, 0.4) is 0 Å². The minimum absolute atomic E-state index is 0.0450. The third-order valence-electron chi connectivity index (χ3n) is 5.17. The Kier molecular flexibility index (Phi) is 5.56. The summed E-state index contributed by atoms with van der Waals surface area (Å²) in [5.41, 5.74) is 1.85. The molecule has 8 nitrogen and oxygen atoms in total. The van der Waals surface area contributed by atoms with Crippen molar-refractivity contribution in [3.8, 4) is 11.3 Å². The van der Waals surface area contributed by atoms with Gasteiger partial charge in [-0.15, -0.1) is 0 Å². The summed E-state index contributed by atoms with van der Waals surface area (Å²) in [5, 5.41) is 12.0. The Balaban J connectivity index is 1.55. The molecule has 4 rings (SSSR count). The molecule has 0 aliphatic carbocycles. The molecule has 32 heavy (non-hydrogen) atoms. The fourth-order valence-electron chi connectivity index (χ4n) is 3.75. The van der Waals surface area contributed by atoms with Crippen LogP contribution >= 0.6 is 23.8 Å².